The Labute approximate surface area is 183 Å². The summed E-state index contributed by atoms with van der Waals surface area (Å²) in [4.78, 5) is 4.67. The largest absolute Gasteiger partial charge is 0.460 e. The van der Waals surface area contributed by atoms with Crippen LogP contribution in [0, 0.1) is 6.92 Å². The lowest BCUT2D eigenvalue weighted by Gasteiger charge is -2.16. The Bertz CT molecular complexity index is 995. The molecular weight excluding hydrogens is 452 g/mol. The van der Waals surface area contributed by atoms with Crippen molar-refractivity contribution in [3.63, 3.8) is 0 Å². The van der Waals surface area contributed by atoms with E-state index in [2.05, 4.69) is 43.4 Å². The molecule has 1 aromatic carbocycles. The third-order valence-corrected chi connectivity index (χ3v) is 6.05. The van der Waals surface area contributed by atoms with Crippen LogP contribution in [0.5, 0.6) is 5.88 Å². The van der Waals surface area contributed by atoms with Gasteiger partial charge in [0.1, 0.15) is 5.76 Å². The van der Waals surface area contributed by atoms with Crippen LogP contribution in [0.2, 0.25) is 0 Å². The predicted octanol–water partition coefficient (Wildman–Crippen LogP) is 6.38. The van der Waals surface area contributed by atoms with Gasteiger partial charge in [-0.1, -0.05) is 53.9 Å². The lowest BCUT2D eigenvalue weighted by molar-refractivity contribution is 0.194. The van der Waals surface area contributed by atoms with Crippen LogP contribution in [0.1, 0.15) is 50.4 Å². The first-order chi connectivity index (χ1) is 14.1. The number of anilines is 1. The van der Waals surface area contributed by atoms with Crippen molar-refractivity contribution >= 4 is 33.4 Å². The number of benzene rings is 1. The van der Waals surface area contributed by atoms with E-state index in [0.717, 1.165) is 33.7 Å². The summed E-state index contributed by atoms with van der Waals surface area (Å²) in [5.41, 5.74) is 2.40. The number of fused-ring (bicyclic) bond motifs is 3. The Hall–Kier alpha value is -2.06. The Morgan fingerprint density at radius 1 is 1.14 bits per heavy atom. The van der Waals surface area contributed by atoms with Gasteiger partial charge in [-0.2, -0.15) is 4.98 Å². The van der Waals surface area contributed by atoms with Gasteiger partial charge in [0.2, 0.25) is 17.3 Å². The number of nitrogens with zero attached hydrogens (tertiary/aromatic N) is 3. The molecule has 0 unspecified atom stereocenters. The lowest BCUT2D eigenvalue weighted by Crippen LogP contribution is -2.16. The van der Waals surface area contributed by atoms with Crippen molar-refractivity contribution in [2.45, 2.75) is 50.9 Å². The van der Waals surface area contributed by atoms with Crippen LogP contribution in [0.25, 0.3) is 11.3 Å². The maximum atomic E-state index is 6.22. The van der Waals surface area contributed by atoms with E-state index in [1.807, 2.05) is 37.3 Å². The van der Waals surface area contributed by atoms with Crippen LogP contribution in [0.15, 0.2) is 44.4 Å². The van der Waals surface area contributed by atoms with Gasteiger partial charge in [-0.15, -0.1) is 10.2 Å². The maximum Gasteiger partial charge on any atom is 0.247 e. The molecule has 1 N–H and O–H groups in total. The average Bonchev–Trinajstić information content (AvgIpc) is 3.08. The quantitative estimate of drug-likeness (QED) is 0.314. The number of halogens is 1. The Morgan fingerprint density at radius 2 is 2.03 bits per heavy atom. The fourth-order valence-corrected chi connectivity index (χ4v) is 4.28. The molecule has 0 amide bonds. The smallest absolute Gasteiger partial charge is 0.247 e. The second kappa shape index (κ2) is 9.17. The van der Waals surface area contributed by atoms with Crippen molar-refractivity contribution < 1.29 is 9.15 Å². The van der Waals surface area contributed by atoms with Gasteiger partial charge in [0.15, 0.2) is 11.5 Å². The second-order valence-corrected chi connectivity index (χ2v) is 8.92. The normalized spacial score (nSPS) is 15.1. The van der Waals surface area contributed by atoms with Crippen molar-refractivity contribution in [2.75, 3.05) is 11.1 Å². The number of nitrogens with one attached hydrogen (secondary N) is 1. The Kier molecular flexibility index (Phi) is 6.40. The van der Waals surface area contributed by atoms with Crippen molar-refractivity contribution in [1.29, 1.82) is 0 Å². The van der Waals surface area contributed by atoms with Crippen LogP contribution in [0.4, 0.5) is 5.69 Å². The summed E-state index contributed by atoms with van der Waals surface area (Å²) >= 11 is 5.16. The fourth-order valence-electron chi connectivity index (χ4n) is 3.15. The van der Waals surface area contributed by atoms with Crippen LogP contribution in [0.3, 0.4) is 0 Å². The monoisotopic (exact) mass is 474 g/mol. The van der Waals surface area contributed by atoms with E-state index >= 15 is 0 Å². The van der Waals surface area contributed by atoms with Gasteiger partial charge in [0, 0.05) is 21.5 Å². The van der Waals surface area contributed by atoms with Crippen molar-refractivity contribution in [1.82, 2.24) is 15.2 Å². The molecule has 0 saturated heterocycles. The van der Waals surface area contributed by atoms with E-state index in [-0.39, 0.29) is 0 Å². The number of furan rings is 1. The van der Waals surface area contributed by atoms with Gasteiger partial charge in [0.25, 0.3) is 0 Å². The minimum absolute atomic E-state index is 0.458. The zero-order chi connectivity index (χ0) is 20.2. The lowest BCUT2D eigenvalue weighted by atomic mass is 10.1. The first kappa shape index (κ1) is 20.2. The van der Waals surface area contributed by atoms with Gasteiger partial charge < -0.3 is 14.5 Å². The van der Waals surface area contributed by atoms with E-state index in [9.17, 15) is 0 Å². The average molecular weight is 475 g/mol. The molecule has 2 aromatic heterocycles. The minimum atomic E-state index is -0.496. The maximum absolute atomic E-state index is 6.22. The summed E-state index contributed by atoms with van der Waals surface area (Å²) in [6.07, 6.45) is 4.36. The molecule has 1 aliphatic rings. The first-order valence-corrected chi connectivity index (χ1v) is 11.6. The van der Waals surface area contributed by atoms with E-state index in [1.54, 1.807) is 11.8 Å². The molecule has 152 valence electrons. The second-order valence-electron chi connectivity index (χ2n) is 6.94. The van der Waals surface area contributed by atoms with Gasteiger partial charge in [0.05, 0.1) is 0 Å². The van der Waals surface area contributed by atoms with Crippen molar-refractivity contribution in [2.24, 2.45) is 0 Å². The predicted molar refractivity (Wildman–Crippen MR) is 118 cm³/mol. The third kappa shape index (κ3) is 4.75. The number of thioether (sulfide) groups is 1. The molecular formula is C21H23BrN4O2S. The Morgan fingerprint density at radius 3 is 2.83 bits per heavy atom. The highest BCUT2D eigenvalue weighted by molar-refractivity contribution is 9.10. The number of aryl methyl sites for hydroxylation is 1. The molecule has 29 heavy (non-hydrogen) atoms. The summed E-state index contributed by atoms with van der Waals surface area (Å²) in [6.45, 7) is 4.13. The van der Waals surface area contributed by atoms with Crippen LogP contribution >= 0.6 is 27.7 Å². The molecule has 0 bridgehead atoms. The number of aromatic nitrogens is 3. The first-order valence-electron chi connectivity index (χ1n) is 9.81. The molecule has 4 rings (SSSR count). The molecule has 6 nitrogen and oxygen atoms in total. The summed E-state index contributed by atoms with van der Waals surface area (Å²) in [5.74, 6) is 2.95. The highest BCUT2D eigenvalue weighted by Gasteiger charge is 2.28. The highest BCUT2D eigenvalue weighted by Crippen LogP contribution is 2.41. The molecule has 0 saturated carbocycles. The molecule has 3 aromatic rings. The molecule has 0 aliphatic carbocycles. The molecule has 1 aliphatic heterocycles. The van der Waals surface area contributed by atoms with Crippen LogP contribution in [-0.2, 0) is 0 Å². The molecule has 0 fully saturated rings. The van der Waals surface area contributed by atoms with Gasteiger partial charge in [-0.05, 0) is 43.7 Å². The number of hydrogen-bond acceptors (Lipinski definition) is 7. The molecule has 8 heteroatoms. The fraction of sp³-hybridized carbons (Fsp3) is 0.381. The van der Waals surface area contributed by atoms with Gasteiger partial charge >= 0.3 is 0 Å². The zero-order valence-electron chi connectivity index (χ0n) is 16.4. The summed E-state index contributed by atoms with van der Waals surface area (Å²) in [6, 6.07) is 9.79. The molecule has 0 spiro atoms. The number of rotatable bonds is 7. The SMILES string of the molecule is CCCCCCSc1nnc2c(n1)O[C@H](c1ccc(C)o1)Nc1ccc(Br)cc1-2. The number of unbranched alkanes of at least 4 members (excludes halogenated alkanes) is 3. The zero-order valence-corrected chi connectivity index (χ0v) is 18.8. The topological polar surface area (TPSA) is 73.1 Å². The Balaban J connectivity index is 1.64. The van der Waals surface area contributed by atoms with Gasteiger partial charge in [-0.25, -0.2) is 0 Å². The number of hydrogen-bond donors (Lipinski definition) is 1. The standard InChI is InChI=1S/C21H23BrN4O2S/c1-3-4-5-6-11-29-21-24-20-18(25-26-21)15-12-14(22)8-9-16(15)23-19(28-20)17-10-7-13(2)27-17/h7-10,12,19,23H,3-6,11H2,1-2H3/t19-/m1/s1. The summed E-state index contributed by atoms with van der Waals surface area (Å²) < 4.78 is 13.0. The van der Waals surface area contributed by atoms with Gasteiger partial charge in [-0.3, -0.25) is 0 Å². The summed E-state index contributed by atoms with van der Waals surface area (Å²) in [5, 5.41) is 12.8. The van der Waals surface area contributed by atoms with E-state index in [0.29, 0.717) is 22.5 Å². The van der Waals surface area contributed by atoms with Crippen molar-refractivity contribution in [3.05, 3.63) is 46.3 Å². The van der Waals surface area contributed by atoms with Crippen molar-refractivity contribution in [3.8, 4) is 17.1 Å². The van der Waals surface area contributed by atoms with E-state index in [4.69, 9.17) is 9.15 Å². The van der Waals surface area contributed by atoms with Crippen LogP contribution in [-0.4, -0.2) is 20.9 Å². The summed E-state index contributed by atoms with van der Waals surface area (Å²) in [7, 11) is 0. The number of ether oxygens (including phenoxy) is 1. The third-order valence-electron chi connectivity index (χ3n) is 4.64. The van der Waals surface area contributed by atoms with E-state index in [1.165, 1.54) is 19.3 Å². The molecule has 1 atom stereocenters. The highest BCUT2D eigenvalue weighted by atomic mass is 79.9. The molecule has 0 radical (unpaired) electrons. The minimum Gasteiger partial charge on any atom is -0.460 e. The molecule has 3 heterocycles. The van der Waals surface area contributed by atoms with Crippen LogP contribution < -0.4 is 10.1 Å². The van der Waals surface area contributed by atoms with E-state index < -0.39 is 6.23 Å².